The highest BCUT2D eigenvalue weighted by Crippen LogP contribution is 2.46. The lowest BCUT2D eigenvalue weighted by Crippen LogP contribution is -2.56. The highest BCUT2D eigenvalue weighted by Gasteiger charge is 2.47. The summed E-state index contributed by atoms with van der Waals surface area (Å²) in [6.45, 7) is 0. The second-order valence-electron chi connectivity index (χ2n) is 7.46. The van der Waals surface area contributed by atoms with Crippen molar-refractivity contribution >= 4 is 65.2 Å². The monoisotopic (exact) mass is 360 g/mol. The Morgan fingerprint density at radius 2 is 1.06 bits per heavy atom. The third kappa shape index (κ3) is 3.06. The van der Waals surface area contributed by atoms with Crippen LogP contribution in [0.5, 0.6) is 0 Å². The molecule has 18 heavy (non-hydrogen) atoms. The summed E-state index contributed by atoms with van der Waals surface area (Å²) in [4.78, 5) is 3.31. The fourth-order valence-corrected chi connectivity index (χ4v) is 73.9. The first-order valence-electron chi connectivity index (χ1n) is 8.92. The van der Waals surface area contributed by atoms with E-state index in [1.807, 2.05) is 34.8 Å². The Labute approximate surface area is 128 Å². The van der Waals surface area contributed by atoms with Crippen molar-refractivity contribution in [3.63, 3.8) is 0 Å². The van der Waals surface area contributed by atoms with Crippen LogP contribution in [-0.2, 0) is 0 Å². The standard InChI is InChI=1S/C11H32Si7/c1-2-4-18(5-3-1,10-14-6-12-7-15-10)11-16-8-13-9-17-11/h10-11H,1-9,12-17H2. The Kier molecular flexibility index (Phi) is 5.61. The molecule has 0 aromatic heterocycles. The Hall–Kier alpha value is 1.52. The molecule has 0 unspecified atom stereocenters. The fourth-order valence-electron chi connectivity index (χ4n) is 5.71. The molecule has 0 N–H and O–H groups in total. The summed E-state index contributed by atoms with van der Waals surface area (Å²) in [6, 6.07) is 3.82. The lowest BCUT2D eigenvalue weighted by atomic mass is 10.3. The van der Waals surface area contributed by atoms with Gasteiger partial charge in [0.2, 0.25) is 0 Å². The first kappa shape index (κ1) is 14.5. The van der Waals surface area contributed by atoms with Crippen LogP contribution in [0.25, 0.3) is 0 Å². The molecule has 0 radical (unpaired) electrons. The maximum absolute atomic E-state index is 1.93. The normalized spacial score (nSPS) is 45.3. The first-order valence-corrected chi connectivity index (χ1v) is 22.8. The SMILES string of the molecule is C1CC[Si](C2[SiH2]C[SiH2]C[SiH2]2)(C2[SiH2]C[SiH2]C[SiH2]2)CC1. The quantitative estimate of drug-likeness (QED) is 0.539. The highest BCUT2D eigenvalue weighted by molar-refractivity contribution is 7.09. The molecule has 104 valence electrons. The van der Waals surface area contributed by atoms with Gasteiger partial charge < -0.3 is 0 Å². The zero-order chi connectivity index (χ0) is 12.3. The molecular weight excluding hydrogens is 329 g/mol. The van der Waals surface area contributed by atoms with Gasteiger partial charge in [-0.15, -0.1) is 0 Å². The fraction of sp³-hybridized carbons (Fsp3) is 1.00. The molecule has 0 aromatic rings. The molecule has 3 aliphatic heterocycles. The van der Waals surface area contributed by atoms with Gasteiger partial charge in [-0.1, -0.05) is 63.6 Å². The van der Waals surface area contributed by atoms with Gasteiger partial charge in [-0.05, 0) is 0 Å². The van der Waals surface area contributed by atoms with Gasteiger partial charge in [-0.2, -0.15) is 0 Å². The number of hydrogen-bond donors (Lipinski definition) is 0. The Morgan fingerprint density at radius 3 is 1.50 bits per heavy atom. The third-order valence-corrected chi connectivity index (χ3v) is 47.9. The summed E-state index contributed by atoms with van der Waals surface area (Å²) < 4.78 is 0. The molecule has 3 aliphatic rings. The topological polar surface area (TPSA) is 0 Å². The van der Waals surface area contributed by atoms with Crippen LogP contribution in [0.2, 0.25) is 44.3 Å². The summed E-state index contributed by atoms with van der Waals surface area (Å²) in [6.07, 6.45) is 5.09. The van der Waals surface area contributed by atoms with Crippen LogP contribution in [0.4, 0.5) is 0 Å². The van der Waals surface area contributed by atoms with Crippen molar-refractivity contribution in [3.8, 4) is 0 Å². The van der Waals surface area contributed by atoms with Crippen molar-refractivity contribution in [1.82, 2.24) is 0 Å². The van der Waals surface area contributed by atoms with E-state index in [1.165, 1.54) is 0 Å². The molecule has 0 bridgehead atoms. The lowest BCUT2D eigenvalue weighted by Gasteiger charge is -2.50. The molecule has 3 heterocycles. The van der Waals surface area contributed by atoms with Gasteiger partial charge in [0.15, 0.2) is 0 Å². The van der Waals surface area contributed by atoms with Gasteiger partial charge in [0.25, 0.3) is 0 Å². The van der Waals surface area contributed by atoms with E-state index in [4.69, 9.17) is 0 Å². The predicted molar refractivity (Wildman–Crippen MR) is 107 cm³/mol. The maximum Gasteiger partial charge on any atom is 0.0472 e. The van der Waals surface area contributed by atoms with Crippen molar-refractivity contribution in [2.75, 3.05) is 0 Å². The van der Waals surface area contributed by atoms with Crippen molar-refractivity contribution in [2.24, 2.45) is 0 Å². The summed E-state index contributed by atoms with van der Waals surface area (Å²) in [7, 11) is 2.60. The number of hydrogen-bond acceptors (Lipinski definition) is 0. The minimum atomic E-state index is -0.590. The summed E-state index contributed by atoms with van der Waals surface area (Å²) in [5, 5.41) is 0. The maximum atomic E-state index is 1.93. The molecule has 0 nitrogen and oxygen atoms in total. The van der Waals surface area contributed by atoms with Crippen molar-refractivity contribution in [3.05, 3.63) is 0 Å². The van der Waals surface area contributed by atoms with Crippen LogP contribution in [0.1, 0.15) is 19.3 Å². The second-order valence-corrected chi connectivity index (χ2v) is 37.1. The molecule has 0 atom stereocenters. The summed E-state index contributed by atoms with van der Waals surface area (Å²) >= 11 is 0. The third-order valence-electron chi connectivity index (χ3n) is 6.62. The zero-order valence-corrected chi connectivity index (χ0v) is 21.7. The smallest absolute Gasteiger partial charge is 0.0472 e. The van der Waals surface area contributed by atoms with Crippen molar-refractivity contribution in [1.29, 1.82) is 0 Å². The van der Waals surface area contributed by atoms with Crippen LogP contribution in [-0.4, -0.2) is 65.2 Å². The lowest BCUT2D eigenvalue weighted by molar-refractivity contribution is 0.705. The average molecular weight is 361 g/mol. The highest BCUT2D eigenvalue weighted by atomic mass is 28.4. The van der Waals surface area contributed by atoms with E-state index < -0.39 is 8.07 Å². The minimum Gasteiger partial charge on any atom is -0.0725 e. The van der Waals surface area contributed by atoms with Crippen LogP contribution < -0.4 is 0 Å². The van der Waals surface area contributed by atoms with Crippen molar-refractivity contribution in [2.45, 2.75) is 63.6 Å². The van der Waals surface area contributed by atoms with Gasteiger partial charge in [0, 0.05) is 65.2 Å². The molecule has 3 saturated heterocycles. The summed E-state index contributed by atoms with van der Waals surface area (Å²) in [5.74, 6) is 0. The van der Waals surface area contributed by atoms with E-state index in [0.717, 1.165) is 0 Å². The average Bonchev–Trinajstić information content (AvgIpc) is 2.50. The minimum absolute atomic E-state index is 0.517. The molecular formula is C11H32Si7. The predicted octanol–water partition coefficient (Wildman–Crippen LogP) is -1.27. The van der Waals surface area contributed by atoms with E-state index in [1.54, 1.807) is 28.8 Å². The van der Waals surface area contributed by atoms with E-state index in [2.05, 4.69) is 0 Å². The molecule has 7 heteroatoms. The molecule has 0 spiro atoms. The zero-order valence-electron chi connectivity index (χ0n) is 12.3. The van der Waals surface area contributed by atoms with Gasteiger partial charge in [-0.3, -0.25) is 0 Å². The molecule has 0 aromatic carbocycles. The summed E-state index contributed by atoms with van der Waals surface area (Å²) in [5.41, 5.74) is 7.71. The molecule has 0 saturated carbocycles. The van der Waals surface area contributed by atoms with E-state index in [9.17, 15) is 0 Å². The largest absolute Gasteiger partial charge is 0.0725 e. The van der Waals surface area contributed by atoms with Crippen LogP contribution >= 0.6 is 0 Å². The Bertz CT molecular complexity index is 234. The van der Waals surface area contributed by atoms with Gasteiger partial charge in [0.05, 0.1) is 0 Å². The Balaban J connectivity index is 1.77. The van der Waals surface area contributed by atoms with E-state index in [-0.39, 0.29) is 0 Å². The molecule has 3 rings (SSSR count). The molecule has 3 fully saturated rings. The first-order chi connectivity index (χ1) is 8.92. The second kappa shape index (κ2) is 6.99. The van der Waals surface area contributed by atoms with Gasteiger partial charge in [0.1, 0.15) is 0 Å². The Morgan fingerprint density at radius 1 is 0.611 bits per heavy atom. The van der Waals surface area contributed by atoms with E-state index >= 15 is 0 Å². The number of rotatable bonds is 2. The molecule has 0 amide bonds. The van der Waals surface area contributed by atoms with Crippen LogP contribution in [0, 0.1) is 0 Å². The van der Waals surface area contributed by atoms with Crippen LogP contribution in [0.3, 0.4) is 0 Å². The molecule has 0 aliphatic carbocycles. The van der Waals surface area contributed by atoms with Gasteiger partial charge in [-0.25, -0.2) is 0 Å². The van der Waals surface area contributed by atoms with Crippen molar-refractivity contribution < 1.29 is 0 Å². The van der Waals surface area contributed by atoms with Gasteiger partial charge >= 0.3 is 0 Å². The van der Waals surface area contributed by atoms with E-state index in [0.29, 0.717) is 57.1 Å². The van der Waals surface area contributed by atoms with Crippen LogP contribution in [0.15, 0.2) is 0 Å².